The van der Waals surface area contributed by atoms with Gasteiger partial charge in [0, 0.05) is 11.8 Å². The van der Waals surface area contributed by atoms with Crippen LogP contribution >= 0.6 is 0 Å². The number of fused-ring (bicyclic) bond motifs is 1. The summed E-state index contributed by atoms with van der Waals surface area (Å²) in [6.45, 7) is 6.18. The van der Waals surface area contributed by atoms with Gasteiger partial charge in [0.25, 0.3) is 0 Å². The standard InChI is InChI=1S/C19H22FN5O2/c1-11-13-8-12(20)4-5-15(13)27-10-19(2,3)18(26)23-14-9-21-25-7-6-16(22-11)24-17(14)25/h4-8,11,21H,9-10H2,1-3H3,(H,22,24)(H,23,26). The van der Waals surface area contributed by atoms with Crippen LogP contribution in [0.2, 0.25) is 0 Å². The number of rotatable bonds is 0. The van der Waals surface area contributed by atoms with Crippen LogP contribution in [0.4, 0.5) is 4.39 Å². The quantitative estimate of drug-likeness (QED) is 0.650. The molecule has 7 nitrogen and oxygen atoms in total. The van der Waals surface area contributed by atoms with Crippen LogP contribution in [0.25, 0.3) is 0 Å². The first kappa shape index (κ1) is 17.5. The average molecular weight is 371 g/mol. The second-order valence-electron chi connectivity index (χ2n) is 7.49. The highest BCUT2D eigenvalue weighted by molar-refractivity contribution is 5.95. The summed E-state index contributed by atoms with van der Waals surface area (Å²) in [7, 11) is 0. The highest BCUT2D eigenvalue weighted by atomic mass is 19.1. The second kappa shape index (κ2) is 6.38. The number of nitrogens with one attached hydrogen (secondary N) is 3. The Bertz CT molecular complexity index is 890. The van der Waals surface area contributed by atoms with Gasteiger partial charge in [-0.05, 0) is 45.0 Å². The minimum absolute atomic E-state index is 0.163. The molecule has 3 aliphatic rings. The van der Waals surface area contributed by atoms with Crippen LogP contribution in [0, 0.1) is 11.2 Å². The summed E-state index contributed by atoms with van der Waals surface area (Å²) in [4.78, 5) is 17.4. The Kier molecular flexibility index (Phi) is 4.15. The fourth-order valence-electron chi connectivity index (χ4n) is 3.10. The number of carbonyl (C=O) groups is 1. The number of halogens is 1. The van der Waals surface area contributed by atoms with Crippen LogP contribution in [0.5, 0.6) is 5.75 Å². The molecule has 0 spiro atoms. The van der Waals surface area contributed by atoms with Crippen LogP contribution in [-0.2, 0) is 4.79 Å². The van der Waals surface area contributed by atoms with Crippen molar-refractivity contribution >= 4 is 11.7 Å². The van der Waals surface area contributed by atoms with Crippen LogP contribution < -0.4 is 20.8 Å². The lowest BCUT2D eigenvalue weighted by molar-refractivity contribution is -0.130. The molecule has 0 fully saturated rings. The number of hydrogen-bond donors (Lipinski definition) is 3. The zero-order chi connectivity index (χ0) is 19.2. The van der Waals surface area contributed by atoms with Crippen LogP contribution in [0.1, 0.15) is 32.4 Å². The van der Waals surface area contributed by atoms with E-state index in [4.69, 9.17) is 4.74 Å². The van der Waals surface area contributed by atoms with Gasteiger partial charge in [-0.1, -0.05) is 0 Å². The molecule has 2 bridgehead atoms. The monoisotopic (exact) mass is 371 g/mol. The topological polar surface area (TPSA) is 78.0 Å². The number of amides is 1. The number of hydrazine groups is 1. The summed E-state index contributed by atoms with van der Waals surface area (Å²) in [5.41, 5.74) is 3.74. The summed E-state index contributed by atoms with van der Waals surface area (Å²) in [5, 5.41) is 8.02. The Morgan fingerprint density at radius 1 is 1.37 bits per heavy atom. The highest BCUT2D eigenvalue weighted by Crippen LogP contribution is 2.30. The Morgan fingerprint density at radius 3 is 3.00 bits per heavy atom. The molecule has 142 valence electrons. The molecule has 0 radical (unpaired) electrons. The molecule has 3 N–H and O–H groups in total. The van der Waals surface area contributed by atoms with E-state index in [1.54, 1.807) is 11.1 Å². The molecule has 3 aliphatic heterocycles. The van der Waals surface area contributed by atoms with Crippen molar-refractivity contribution < 1.29 is 13.9 Å². The van der Waals surface area contributed by atoms with E-state index in [0.29, 0.717) is 35.2 Å². The Hall–Kier alpha value is -2.87. The molecular weight excluding hydrogens is 349 g/mol. The smallest absolute Gasteiger partial charge is 0.233 e. The lowest BCUT2D eigenvalue weighted by Gasteiger charge is -2.25. The number of ether oxygens (including phenoxy) is 1. The molecule has 0 saturated heterocycles. The molecule has 1 aromatic carbocycles. The van der Waals surface area contributed by atoms with E-state index in [2.05, 4.69) is 21.1 Å². The predicted molar refractivity (Wildman–Crippen MR) is 98.8 cm³/mol. The van der Waals surface area contributed by atoms with Gasteiger partial charge in [0.2, 0.25) is 5.91 Å². The summed E-state index contributed by atoms with van der Waals surface area (Å²) < 4.78 is 19.8. The van der Waals surface area contributed by atoms with E-state index in [1.165, 1.54) is 12.1 Å². The van der Waals surface area contributed by atoms with Gasteiger partial charge in [-0.15, -0.1) is 0 Å². The number of carbonyl (C=O) groups excluding carboxylic acids is 1. The maximum absolute atomic E-state index is 13.9. The number of amidine groups is 1. The zero-order valence-electron chi connectivity index (χ0n) is 15.5. The fraction of sp³-hybridized carbons (Fsp3) is 0.368. The van der Waals surface area contributed by atoms with Gasteiger partial charge in [0.05, 0.1) is 23.7 Å². The van der Waals surface area contributed by atoms with Crippen molar-refractivity contribution in [2.75, 3.05) is 13.2 Å². The van der Waals surface area contributed by atoms with E-state index in [0.717, 1.165) is 0 Å². The number of benzene rings is 1. The Labute approximate surface area is 156 Å². The van der Waals surface area contributed by atoms with Gasteiger partial charge in [-0.3, -0.25) is 9.80 Å². The van der Waals surface area contributed by atoms with Gasteiger partial charge in [-0.25, -0.2) is 14.8 Å². The van der Waals surface area contributed by atoms with Crippen LogP contribution in [0.15, 0.2) is 47.0 Å². The first-order valence-electron chi connectivity index (χ1n) is 8.86. The van der Waals surface area contributed by atoms with Gasteiger partial charge in [0.15, 0.2) is 5.82 Å². The molecule has 1 atom stereocenters. The van der Waals surface area contributed by atoms with Crippen molar-refractivity contribution in [3.8, 4) is 5.75 Å². The van der Waals surface area contributed by atoms with Crippen molar-refractivity contribution in [1.29, 1.82) is 0 Å². The molecule has 0 saturated carbocycles. The SMILES string of the molecule is CC1NC2=NC3=C(CNN3C=C2)NC(=O)C(C)(C)COc2ccc(F)cc21. The summed E-state index contributed by atoms with van der Waals surface area (Å²) in [6.07, 6.45) is 3.66. The third-order valence-corrected chi connectivity index (χ3v) is 4.80. The molecule has 0 aromatic heterocycles. The largest absolute Gasteiger partial charge is 0.492 e. The lowest BCUT2D eigenvalue weighted by atomic mass is 9.93. The maximum Gasteiger partial charge on any atom is 0.233 e. The average Bonchev–Trinajstić information content (AvgIpc) is 3.02. The summed E-state index contributed by atoms with van der Waals surface area (Å²) in [5.74, 6) is 1.29. The zero-order valence-corrected chi connectivity index (χ0v) is 15.5. The van der Waals surface area contributed by atoms with Crippen molar-refractivity contribution in [1.82, 2.24) is 21.1 Å². The van der Waals surface area contributed by atoms with Crippen molar-refractivity contribution in [2.24, 2.45) is 10.4 Å². The van der Waals surface area contributed by atoms with Gasteiger partial charge in [0.1, 0.15) is 24.0 Å². The highest BCUT2D eigenvalue weighted by Gasteiger charge is 2.33. The van der Waals surface area contributed by atoms with Crippen molar-refractivity contribution in [3.63, 3.8) is 0 Å². The first-order chi connectivity index (χ1) is 12.8. The fourth-order valence-corrected chi connectivity index (χ4v) is 3.10. The first-order valence-corrected chi connectivity index (χ1v) is 8.86. The second-order valence-corrected chi connectivity index (χ2v) is 7.49. The van der Waals surface area contributed by atoms with Gasteiger partial charge >= 0.3 is 0 Å². The normalized spacial score (nSPS) is 23.9. The van der Waals surface area contributed by atoms with E-state index >= 15 is 0 Å². The summed E-state index contributed by atoms with van der Waals surface area (Å²) >= 11 is 0. The number of nitrogens with zero attached hydrogens (tertiary/aromatic N) is 2. The van der Waals surface area contributed by atoms with E-state index in [-0.39, 0.29) is 24.4 Å². The maximum atomic E-state index is 13.9. The molecule has 27 heavy (non-hydrogen) atoms. The van der Waals surface area contributed by atoms with Crippen LogP contribution in [0.3, 0.4) is 0 Å². The number of aliphatic imine (C=N–C) groups is 1. The van der Waals surface area contributed by atoms with Crippen molar-refractivity contribution in [2.45, 2.75) is 26.8 Å². The number of hydrogen-bond acceptors (Lipinski definition) is 6. The van der Waals surface area contributed by atoms with E-state index in [9.17, 15) is 9.18 Å². The molecule has 8 heteroatoms. The molecule has 1 aromatic rings. The van der Waals surface area contributed by atoms with Gasteiger partial charge in [-0.2, -0.15) is 0 Å². The minimum Gasteiger partial charge on any atom is -0.492 e. The van der Waals surface area contributed by atoms with Crippen LogP contribution in [-0.4, -0.2) is 29.9 Å². The lowest BCUT2D eigenvalue weighted by Crippen LogP contribution is -2.41. The Balaban J connectivity index is 1.78. The third kappa shape index (κ3) is 3.28. The molecule has 1 amide bonds. The molecule has 0 aliphatic carbocycles. The van der Waals surface area contributed by atoms with E-state index < -0.39 is 5.41 Å². The van der Waals surface area contributed by atoms with Gasteiger partial charge < -0.3 is 15.4 Å². The molecular formula is C19H22FN5O2. The molecule has 4 rings (SSSR count). The van der Waals surface area contributed by atoms with Crippen molar-refractivity contribution in [3.05, 3.63) is 53.4 Å². The van der Waals surface area contributed by atoms with E-state index in [1.807, 2.05) is 33.0 Å². The Morgan fingerprint density at radius 2 is 2.19 bits per heavy atom. The molecule has 3 heterocycles. The summed E-state index contributed by atoms with van der Waals surface area (Å²) in [6, 6.07) is 4.16. The minimum atomic E-state index is -0.783. The molecule has 1 unspecified atom stereocenters. The predicted octanol–water partition coefficient (Wildman–Crippen LogP) is 1.93. The third-order valence-electron chi connectivity index (χ3n) is 4.80.